The largest absolute Gasteiger partial charge is 0.493 e. The molecule has 1 atom stereocenters. The van der Waals surface area contributed by atoms with E-state index in [2.05, 4.69) is 34.2 Å². The van der Waals surface area contributed by atoms with Crippen molar-refractivity contribution in [3.05, 3.63) is 64.4 Å². The van der Waals surface area contributed by atoms with Crippen LogP contribution in [0, 0.1) is 5.92 Å². The lowest BCUT2D eigenvalue weighted by molar-refractivity contribution is 0.0638. The van der Waals surface area contributed by atoms with Gasteiger partial charge < -0.3 is 14.2 Å². The first-order chi connectivity index (χ1) is 14.7. The zero-order chi connectivity index (χ0) is 20.8. The average molecular weight is 427 g/mol. The van der Waals surface area contributed by atoms with E-state index in [-0.39, 0.29) is 5.91 Å². The lowest BCUT2D eigenvalue weighted by Crippen LogP contribution is -2.41. The molecule has 0 bridgehead atoms. The van der Waals surface area contributed by atoms with Gasteiger partial charge in [0.15, 0.2) is 0 Å². The summed E-state index contributed by atoms with van der Waals surface area (Å²) in [5.41, 5.74) is 3.84. The third kappa shape index (κ3) is 5.46. The van der Waals surface area contributed by atoms with Crippen molar-refractivity contribution in [3.8, 4) is 5.75 Å². The average Bonchev–Trinajstić information content (AvgIpc) is 3.47. The van der Waals surface area contributed by atoms with Crippen LogP contribution in [-0.2, 0) is 13.1 Å². The Morgan fingerprint density at radius 2 is 2.17 bits per heavy atom. The van der Waals surface area contributed by atoms with E-state index < -0.39 is 0 Å². The van der Waals surface area contributed by atoms with Gasteiger partial charge in [-0.05, 0) is 37.6 Å². The molecule has 8 heteroatoms. The van der Waals surface area contributed by atoms with Gasteiger partial charge in [-0.25, -0.2) is 0 Å². The highest BCUT2D eigenvalue weighted by atomic mass is 32.1. The Hall–Kier alpha value is -2.71. The molecule has 0 saturated carbocycles. The first-order valence-electron chi connectivity index (χ1n) is 10.1. The maximum atomic E-state index is 12.5. The molecule has 4 rings (SSSR count). The van der Waals surface area contributed by atoms with E-state index in [4.69, 9.17) is 9.26 Å². The molecule has 1 aliphatic heterocycles. The van der Waals surface area contributed by atoms with E-state index in [1.165, 1.54) is 16.9 Å². The second-order valence-corrected chi connectivity index (χ2v) is 8.63. The molecule has 1 amide bonds. The molecule has 2 aromatic heterocycles. The van der Waals surface area contributed by atoms with Gasteiger partial charge >= 0.3 is 0 Å². The number of likely N-dealkylation sites (tertiary alicyclic amines) is 1. The maximum Gasteiger partial charge on any atom is 0.265 e. The van der Waals surface area contributed by atoms with Gasteiger partial charge in [0.2, 0.25) is 0 Å². The molecule has 3 heterocycles. The zero-order valence-corrected chi connectivity index (χ0v) is 17.9. The molecule has 0 spiro atoms. The molecular weight excluding hydrogens is 400 g/mol. The zero-order valence-electron chi connectivity index (χ0n) is 17.1. The Balaban J connectivity index is 1.24. The van der Waals surface area contributed by atoms with E-state index in [0.29, 0.717) is 17.4 Å². The number of amides is 1. The van der Waals surface area contributed by atoms with Crippen molar-refractivity contribution in [2.24, 2.45) is 5.92 Å². The topological polar surface area (TPSA) is 71.7 Å². The normalized spacial score (nSPS) is 16.7. The number of rotatable bonds is 8. The lowest BCUT2D eigenvalue weighted by atomic mass is 9.99. The number of ether oxygens (including phenoxy) is 1. The highest BCUT2D eigenvalue weighted by Crippen LogP contribution is 2.22. The summed E-state index contributed by atoms with van der Waals surface area (Å²) < 4.78 is 10.9. The van der Waals surface area contributed by atoms with Crippen molar-refractivity contribution in [1.82, 2.24) is 19.9 Å². The minimum absolute atomic E-state index is 0.0845. The monoisotopic (exact) mass is 426 g/mol. The van der Waals surface area contributed by atoms with Crippen LogP contribution in [0.3, 0.4) is 0 Å². The van der Waals surface area contributed by atoms with Crippen molar-refractivity contribution in [3.63, 3.8) is 0 Å². The Labute approximate surface area is 180 Å². The summed E-state index contributed by atoms with van der Waals surface area (Å²) in [6.07, 6.45) is 5.33. The van der Waals surface area contributed by atoms with Gasteiger partial charge in [0.1, 0.15) is 16.9 Å². The SMILES string of the molecule is CN(Cc1ccc(OC[C@@H]2CCCN(C(=O)c3cncs3)C2)cc1)Cc1ccon1. The van der Waals surface area contributed by atoms with Crippen molar-refractivity contribution >= 4 is 17.2 Å². The van der Waals surface area contributed by atoms with E-state index in [1.807, 2.05) is 23.1 Å². The number of aromatic nitrogens is 2. The second-order valence-electron chi connectivity index (χ2n) is 7.74. The summed E-state index contributed by atoms with van der Waals surface area (Å²) in [7, 11) is 2.06. The number of benzene rings is 1. The third-order valence-electron chi connectivity index (χ3n) is 5.23. The first-order valence-corrected chi connectivity index (χ1v) is 11.0. The van der Waals surface area contributed by atoms with Crippen LogP contribution in [0.2, 0.25) is 0 Å². The summed E-state index contributed by atoms with van der Waals surface area (Å²) in [5.74, 6) is 1.30. The molecule has 158 valence electrons. The molecule has 1 aliphatic rings. The van der Waals surface area contributed by atoms with E-state index in [1.54, 1.807) is 18.0 Å². The molecule has 1 saturated heterocycles. The van der Waals surface area contributed by atoms with Gasteiger partial charge in [0, 0.05) is 38.2 Å². The smallest absolute Gasteiger partial charge is 0.265 e. The molecule has 0 N–H and O–H groups in total. The van der Waals surface area contributed by atoms with E-state index in [0.717, 1.165) is 50.5 Å². The molecular formula is C22H26N4O3S. The first kappa shape index (κ1) is 20.6. The Bertz CT molecular complexity index is 913. The fraction of sp³-hybridized carbons (Fsp3) is 0.409. The highest BCUT2D eigenvalue weighted by molar-refractivity contribution is 7.11. The maximum absolute atomic E-state index is 12.5. The molecule has 3 aromatic rings. The lowest BCUT2D eigenvalue weighted by Gasteiger charge is -2.32. The van der Waals surface area contributed by atoms with Crippen molar-refractivity contribution in [2.75, 3.05) is 26.7 Å². The molecule has 1 fully saturated rings. The standard InChI is InChI=1S/C22H26N4O3S/c1-25(14-19-8-10-29-24-19)12-17-4-6-20(7-5-17)28-15-18-3-2-9-26(13-18)22(27)21-11-23-16-30-21/h4-8,10-11,16,18H,2-3,9,12-15H2,1H3/t18-/m1/s1. The molecule has 0 aliphatic carbocycles. The predicted octanol–water partition coefficient (Wildman–Crippen LogP) is 3.69. The number of hydrogen-bond acceptors (Lipinski definition) is 7. The Kier molecular flexibility index (Phi) is 6.76. The van der Waals surface area contributed by atoms with Gasteiger partial charge in [0.25, 0.3) is 5.91 Å². The van der Waals surface area contributed by atoms with E-state index in [9.17, 15) is 4.79 Å². The van der Waals surface area contributed by atoms with Crippen LogP contribution >= 0.6 is 11.3 Å². The molecule has 0 radical (unpaired) electrons. The molecule has 30 heavy (non-hydrogen) atoms. The van der Waals surface area contributed by atoms with Crippen LogP contribution in [0.15, 0.2) is 52.8 Å². The van der Waals surface area contributed by atoms with Gasteiger partial charge in [-0.3, -0.25) is 14.7 Å². The van der Waals surface area contributed by atoms with Gasteiger partial charge in [-0.1, -0.05) is 17.3 Å². The quantitative estimate of drug-likeness (QED) is 0.547. The summed E-state index contributed by atoms with van der Waals surface area (Å²) in [4.78, 5) is 21.4. The summed E-state index contributed by atoms with van der Waals surface area (Å²) in [5, 5.41) is 3.95. The number of thiazole rings is 1. The number of carbonyl (C=O) groups is 1. The summed E-state index contributed by atoms with van der Waals surface area (Å²) >= 11 is 1.40. The fourth-order valence-corrected chi connectivity index (χ4v) is 4.32. The minimum Gasteiger partial charge on any atom is -0.493 e. The summed E-state index contributed by atoms with van der Waals surface area (Å²) in [6, 6.07) is 10.1. The fourth-order valence-electron chi connectivity index (χ4n) is 3.73. The summed E-state index contributed by atoms with van der Waals surface area (Å²) in [6.45, 7) is 3.74. The number of piperidine rings is 1. The van der Waals surface area contributed by atoms with Gasteiger partial charge in [-0.15, -0.1) is 11.3 Å². The number of nitrogens with zero attached hydrogens (tertiary/aromatic N) is 4. The van der Waals surface area contributed by atoms with E-state index >= 15 is 0 Å². The van der Waals surface area contributed by atoms with Gasteiger partial charge in [-0.2, -0.15) is 0 Å². The van der Waals surface area contributed by atoms with Crippen LogP contribution < -0.4 is 4.74 Å². The number of carbonyl (C=O) groups excluding carboxylic acids is 1. The third-order valence-corrected chi connectivity index (χ3v) is 6.00. The van der Waals surface area contributed by atoms with Crippen LogP contribution in [0.25, 0.3) is 0 Å². The van der Waals surface area contributed by atoms with Crippen LogP contribution in [0.1, 0.15) is 33.8 Å². The van der Waals surface area contributed by atoms with Crippen LogP contribution in [0.4, 0.5) is 0 Å². The van der Waals surface area contributed by atoms with Crippen molar-refractivity contribution < 1.29 is 14.1 Å². The van der Waals surface area contributed by atoms with Gasteiger partial charge in [0.05, 0.1) is 24.0 Å². The highest BCUT2D eigenvalue weighted by Gasteiger charge is 2.25. The van der Waals surface area contributed by atoms with Crippen molar-refractivity contribution in [2.45, 2.75) is 25.9 Å². The Morgan fingerprint density at radius 3 is 2.90 bits per heavy atom. The van der Waals surface area contributed by atoms with Crippen LogP contribution in [0.5, 0.6) is 5.75 Å². The minimum atomic E-state index is 0.0845. The van der Waals surface area contributed by atoms with Crippen LogP contribution in [-0.4, -0.2) is 52.6 Å². The molecule has 0 unspecified atom stereocenters. The molecule has 1 aromatic carbocycles. The van der Waals surface area contributed by atoms with Crippen molar-refractivity contribution in [1.29, 1.82) is 0 Å². The Morgan fingerprint density at radius 1 is 1.30 bits per heavy atom. The number of hydrogen-bond donors (Lipinski definition) is 0. The predicted molar refractivity (Wildman–Crippen MR) is 114 cm³/mol. The second kappa shape index (κ2) is 9.86. The molecule has 7 nitrogen and oxygen atoms in total.